The topological polar surface area (TPSA) is 81.4 Å². The first-order chi connectivity index (χ1) is 10.9. The SMILES string of the molecule is COc1ccc(N)c(NC(=O)CCC(=O)c2cc(C)sc2C)c1. The van der Waals surface area contributed by atoms with E-state index in [1.54, 1.807) is 36.6 Å². The zero-order valence-corrected chi connectivity index (χ0v) is 14.3. The van der Waals surface area contributed by atoms with Crippen LogP contribution in [0.2, 0.25) is 0 Å². The Kier molecular flexibility index (Phi) is 5.39. The van der Waals surface area contributed by atoms with Crippen LogP contribution in [0.25, 0.3) is 0 Å². The summed E-state index contributed by atoms with van der Waals surface area (Å²) in [6.45, 7) is 3.88. The lowest BCUT2D eigenvalue weighted by molar-refractivity contribution is -0.116. The maximum absolute atomic E-state index is 12.2. The van der Waals surface area contributed by atoms with Gasteiger partial charge in [-0.2, -0.15) is 0 Å². The van der Waals surface area contributed by atoms with Crippen LogP contribution in [-0.2, 0) is 4.79 Å². The van der Waals surface area contributed by atoms with Gasteiger partial charge in [-0.1, -0.05) is 0 Å². The van der Waals surface area contributed by atoms with Crippen LogP contribution >= 0.6 is 11.3 Å². The van der Waals surface area contributed by atoms with Gasteiger partial charge in [0, 0.05) is 34.2 Å². The van der Waals surface area contributed by atoms with Crippen molar-refractivity contribution >= 4 is 34.4 Å². The zero-order valence-electron chi connectivity index (χ0n) is 13.4. The van der Waals surface area contributed by atoms with Crippen LogP contribution in [-0.4, -0.2) is 18.8 Å². The molecule has 0 aliphatic rings. The molecule has 0 saturated heterocycles. The van der Waals surface area contributed by atoms with Crippen LogP contribution < -0.4 is 15.8 Å². The normalized spacial score (nSPS) is 10.4. The minimum atomic E-state index is -0.247. The summed E-state index contributed by atoms with van der Waals surface area (Å²) in [5.41, 5.74) is 7.48. The molecule has 1 amide bonds. The van der Waals surface area contributed by atoms with E-state index >= 15 is 0 Å². The number of thiophene rings is 1. The highest BCUT2D eigenvalue weighted by molar-refractivity contribution is 7.12. The van der Waals surface area contributed by atoms with E-state index in [9.17, 15) is 9.59 Å². The molecule has 0 unspecified atom stereocenters. The van der Waals surface area contributed by atoms with Gasteiger partial charge in [-0.25, -0.2) is 0 Å². The third kappa shape index (κ3) is 4.32. The molecule has 6 heteroatoms. The van der Waals surface area contributed by atoms with Crippen molar-refractivity contribution in [1.82, 2.24) is 0 Å². The standard InChI is InChI=1S/C17H20N2O3S/c1-10-8-13(11(2)23-10)16(20)6-7-17(21)19-15-9-12(22-3)4-5-14(15)18/h4-5,8-9H,6-7,18H2,1-3H3,(H,19,21). The molecule has 0 saturated carbocycles. The minimum Gasteiger partial charge on any atom is -0.497 e. The van der Waals surface area contributed by atoms with Gasteiger partial charge in [0.2, 0.25) is 5.91 Å². The number of anilines is 2. The van der Waals surface area contributed by atoms with E-state index in [1.165, 1.54) is 0 Å². The number of nitrogen functional groups attached to an aromatic ring is 1. The van der Waals surface area contributed by atoms with Gasteiger partial charge in [-0.3, -0.25) is 9.59 Å². The van der Waals surface area contributed by atoms with Crippen LogP contribution in [0.15, 0.2) is 24.3 Å². The third-order valence-electron chi connectivity index (χ3n) is 3.46. The van der Waals surface area contributed by atoms with Crippen LogP contribution in [0.5, 0.6) is 5.75 Å². The number of amides is 1. The Morgan fingerprint density at radius 3 is 2.57 bits per heavy atom. The zero-order chi connectivity index (χ0) is 17.0. The number of Topliss-reactive ketones (excluding diaryl/α,β-unsaturated/α-hetero) is 1. The molecule has 2 rings (SSSR count). The molecule has 0 bridgehead atoms. The molecule has 0 fully saturated rings. The number of methoxy groups -OCH3 is 1. The fraction of sp³-hybridized carbons (Fsp3) is 0.294. The number of rotatable bonds is 6. The summed E-state index contributed by atoms with van der Waals surface area (Å²) in [6, 6.07) is 6.91. The number of ether oxygens (including phenoxy) is 1. The average molecular weight is 332 g/mol. The van der Waals surface area contributed by atoms with Crippen LogP contribution in [0.4, 0.5) is 11.4 Å². The van der Waals surface area contributed by atoms with Crippen LogP contribution in [0, 0.1) is 13.8 Å². The molecule has 0 atom stereocenters. The highest BCUT2D eigenvalue weighted by atomic mass is 32.1. The van der Waals surface area contributed by atoms with E-state index in [0.29, 0.717) is 22.7 Å². The lowest BCUT2D eigenvalue weighted by atomic mass is 10.1. The number of nitrogens with two attached hydrogens (primary N) is 1. The highest BCUT2D eigenvalue weighted by Gasteiger charge is 2.14. The maximum Gasteiger partial charge on any atom is 0.224 e. The second kappa shape index (κ2) is 7.28. The number of hydrogen-bond acceptors (Lipinski definition) is 5. The van der Waals surface area contributed by atoms with Crippen molar-refractivity contribution in [3.05, 3.63) is 39.6 Å². The van der Waals surface area contributed by atoms with Crippen molar-refractivity contribution in [2.45, 2.75) is 26.7 Å². The Morgan fingerprint density at radius 1 is 1.22 bits per heavy atom. The summed E-state index contributed by atoms with van der Waals surface area (Å²) in [5.74, 6) is 0.346. The second-order valence-electron chi connectivity index (χ2n) is 5.25. The molecule has 0 radical (unpaired) electrons. The first-order valence-corrected chi connectivity index (χ1v) is 8.06. The van der Waals surface area contributed by atoms with Gasteiger partial charge in [0.05, 0.1) is 18.5 Å². The number of benzene rings is 1. The monoisotopic (exact) mass is 332 g/mol. The van der Waals surface area contributed by atoms with Crippen molar-refractivity contribution in [3.63, 3.8) is 0 Å². The van der Waals surface area contributed by atoms with Gasteiger partial charge in [0.1, 0.15) is 5.75 Å². The Bertz CT molecular complexity index is 737. The number of ketones is 1. The van der Waals surface area contributed by atoms with E-state index in [2.05, 4.69) is 5.32 Å². The quantitative estimate of drug-likeness (QED) is 0.626. The molecule has 2 aromatic rings. The van der Waals surface area contributed by atoms with Gasteiger partial charge < -0.3 is 15.8 Å². The second-order valence-corrected chi connectivity index (χ2v) is 6.71. The lowest BCUT2D eigenvalue weighted by Crippen LogP contribution is -2.14. The van der Waals surface area contributed by atoms with Crippen LogP contribution in [0.3, 0.4) is 0 Å². The fourth-order valence-electron chi connectivity index (χ4n) is 2.25. The summed E-state index contributed by atoms with van der Waals surface area (Å²) in [5, 5.41) is 2.72. The number of nitrogens with one attached hydrogen (secondary N) is 1. The predicted octanol–water partition coefficient (Wildman–Crippen LogP) is 3.56. The van der Waals surface area contributed by atoms with Crippen LogP contribution in [0.1, 0.15) is 33.0 Å². The smallest absolute Gasteiger partial charge is 0.224 e. The van der Waals surface area contributed by atoms with E-state index in [-0.39, 0.29) is 24.5 Å². The molecule has 5 nitrogen and oxygen atoms in total. The van der Waals surface area contributed by atoms with Crippen molar-refractivity contribution in [1.29, 1.82) is 0 Å². The summed E-state index contributed by atoms with van der Waals surface area (Å²) in [4.78, 5) is 26.3. The molecular formula is C17H20N2O3S. The molecule has 0 spiro atoms. The molecule has 0 aliphatic carbocycles. The molecule has 1 aromatic heterocycles. The van der Waals surface area contributed by atoms with E-state index in [0.717, 1.165) is 9.75 Å². The van der Waals surface area contributed by atoms with Crippen molar-refractivity contribution in [2.24, 2.45) is 0 Å². The number of carbonyl (C=O) groups is 2. The molecule has 122 valence electrons. The average Bonchev–Trinajstić information content (AvgIpc) is 2.85. The van der Waals surface area contributed by atoms with Crippen molar-refractivity contribution < 1.29 is 14.3 Å². The summed E-state index contributed by atoms with van der Waals surface area (Å²) < 4.78 is 5.10. The Hall–Kier alpha value is -2.34. The number of hydrogen-bond donors (Lipinski definition) is 2. The Morgan fingerprint density at radius 2 is 1.96 bits per heavy atom. The van der Waals surface area contributed by atoms with Gasteiger partial charge >= 0.3 is 0 Å². The number of aryl methyl sites for hydroxylation is 2. The molecular weight excluding hydrogens is 312 g/mol. The van der Waals surface area contributed by atoms with Gasteiger partial charge in [0.15, 0.2) is 5.78 Å². The predicted molar refractivity (Wildman–Crippen MR) is 93.4 cm³/mol. The molecule has 1 aromatic carbocycles. The Balaban J connectivity index is 1.95. The molecule has 1 heterocycles. The summed E-state index contributed by atoms with van der Waals surface area (Å²) >= 11 is 1.59. The first kappa shape index (κ1) is 17.0. The fourth-order valence-corrected chi connectivity index (χ4v) is 3.20. The largest absolute Gasteiger partial charge is 0.497 e. The van der Waals surface area contributed by atoms with Gasteiger partial charge in [-0.05, 0) is 32.0 Å². The Labute approximate surface area is 139 Å². The first-order valence-electron chi connectivity index (χ1n) is 7.24. The summed E-state index contributed by atoms with van der Waals surface area (Å²) in [7, 11) is 1.54. The van der Waals surface area contributed by atoms with Gasteiger partial charge in [-0.15, -0.1) is 11.3 Å². The highest BCUT2D eigenvalue weighted by Crippen LogP contribution is 2.25. The van der Waals surface area contributed by atoms with Gasteiger partial charge in [0.25, 0.3) is 0 Å². The van der Waals surface area contributed by atoms with E-state index < -0.39 is 0 Å². The molecule has 23 heavy (non-hydrogen) atoms. The maximum atomic E-state index is 12.2. The van der Waals surface area contributed by atoms with Crippen molar-refractivity contribution in [3.8, 4) is 5.75 Å². The van der Waals surface area contributed by atoms with E-state index in [4.69, 9.17) is 10.5 Å². The lowest BCUT2D eigenvalue weighted by Gasteiger charge is -2.09. The molecule has 3 N–H and O–H groups in total. The van der Waals surface area contributed by atoms with Crippen molar-refractivity contribution in [2.75, 3.05) is 18.2 Å². The molecule has 0 aliphatic heterocycles. The third-order valence-corrected chi connectivity index (χ3v) is 4.42. The van der Waals surface area contributed by atoms with E-state index in [1.807, 2.05) is 19.9 Å². The number of carbonyl (C=O) groups excluding carboxylic acids is 2. The summed E-state index contributed by atoms with van der Waals surface area (Å²) in [6.07, 6.45) is 0.288. The minimum absolute atomic E-state index is 0.0133.